The quantitative estimate of drug-likeness (QED) is 0.131. The van der Waals surface area contributed by atoms with Crippen molar-refractivity contribution < 1.29 is 10.2 Å². The highest BCUT2D eigenvalue weighted by Gasteiger charge is 2.24. The minimum Gasteiger partial charge on any atom is -0.393 e. The van der Waals surface area contributed by atoms with Crippen LogP contribution in [0.5, 0.6) is 0 Å². The van der Waals surface area contributed by atoms with Crippen molar-refractivity contribution in [3.63, 3.8) is 0 Å². The molecule has 1 saturated heterocycles. The molecule has 252 valence electrons. The number of allylic oxidation sites excluding steroid dienone is 7. The van der Waals surface area contributed by atoms with Gasteiger partial charge in [-0.05, 0) is 61.2 Å². The molecule has 0 radical (unpaired) electrons. The predicted octanol–water partition coefficient (Wildman–Crippen LogP) is 10.1. The molecule has 5 heteroatoms. The van der Waals surface area contributed by atoms with Crippen molar-refractivity contribution in [1.82, 2.24) is 4.90 Å². The van der Waals surface area contributed by atoms with Crippen LogP contribution in [0.3, 0.4) is 0 Å². The van der Waals surface area contributed by atoms with E-state index in [9.17, 15) is 10.2 Å². The van der Waals surface area contributed by atoms with E-state index in [0.29, 0.717) is 44.8 Å². The van der Waals surface area contributed by atoms with E-state index < -0.39 is 6.23 Å². The second-order valence-electron chi connectivity index (χ2n) is 11.4. The van der Waals surface area contributed by atoms with E-state index in [1.54, 1.807) is 7.05 Å². The molecule has 0 bridgehead atoms. The molecule has 0 aromatic carbocycles. The second kappa shape index (κ2) is 29.2. The van der Waals surface area contributed by atoms with Crippen LogP contribution in [0.2, 0.25) is 0 Å². The predicted molar refractivity (Wildman–Crippen MR) is 199 cm³/mol. The smallest absolute Gasteiger partial charge is 0.288 e. The standard InChI is InChI=1S/C33H52N3O2.3C2H6/c1-9-13-28(22-27(4)33(5,6)7)24-35-25-29(23-34-8)15-10-11-16-30(17-12-14-26(2)3)32(38)36-20-18-31(37)19-21-36;3*1-2/h9-10,12-13,15-17,22-23,26,29,31-32,37-38H,4,11,14,18-21,24H2,1-3,5-8H3;3*1-2H3/q+1;;;/b13-9-,15-10?,17-12+,28-22+,30-16+,34-23?;;;. The van der Waals surface area contributed by atoms with E-state index >= 15 is 0 Å². The van der Waals surface area contributed by atoms with Gasteiger partial charge in [0, 0.05) is 31.9 Å². The molecule has 0 aliphatic carbocycles. The summed E-state index contributed by atoms with van der Waals surface area (Å²) in [6.45, 7) is 31.0. The first-order valence-corrected chi connectivity index (χ1v) is 17.0. The zero-order valence-electron chi connectivity index (χ0n) is 30.9. The third kappa shape index (κ3) is 22.9. The topological polar surface area (TPSA) is 60.4 Å². The number of aliphatic hydroxyl groups is 2. The lowest BCUT2D eigenvalue weighted by Crippen LogP contribution is -2.43. The zero-order chi connectivity index (χ0) is 34.6. The fraction of sp³-hybridized carbons (Fsp3) is 0.641. The van der Waals surface area contributed by atoms with Crippen LogP contribution in [-0.4, -0.2) is 60.3 Å². The molecule has 2 unspecified atom stereocenters. The highest BCUT2D eigenvalue weighted by molar-refractivity contribution is 5.67. The molecular formula is C39H70N3O2+. The van der Waals surface area contributed by atoms with E-state index in [0.717, 1.165) is 23.1 Å². The maximum Gasteiger partial charge on any atom is 0.288 e. The summed E-state index contributed by atoms with van der Waals surface area (Å²) in [6.07, 6.45) is 20.5. The van der Waals surface area contributed by atoms with Crippen LogP contribution in [-0.2, 0) is 0 Å². The van der Waals surface area contributed by atoms with E-state index in [1.807, 2.05) is 77.8 Å². The number of aliphatic hydroxyl groups excluding tert-OH is 2. The van der Waals surface area contributed by atoms with E-state index in [4.69, 9.17) is 0 Å². The van der Waals surface area contributed by atoms with Gasteiger partial charge in [0.2, 0.25) is 0 Å². The molecule has 1 aliphatic heterocycles. The fourth-order valence-corrected chi connectivity index (χ4v) is 3.84. The third-order valence-electron chi connectivity index (χ3n) is 6.41. The van der Waals surface area contributed by atoms with Crippen molar-refractivity contribution >= 4 is 6.21 Å². The minimum atomic E-state index is -0.667. The third-order valence-corrected chi connectivity index (χ3v) is 6.41. The number of nitrogens with zero attached hydrogens (tertiary/aromatic N) is 3. The van der Waals surface area contributed by atoms with Gasteiger partial charge in [-0.2, -0.15) is 0 Å². The summed E-state index contributed by atoms with van der Waals surface area (Å²) in [5.41, 5.74) is 3.07. The Morgan fingerprint density at radius 2 is 1.64 bits per heavy atom. The summed E-state index contributed by atoms with van der Waals surface area (Å²) in [5, 5.41) is 20.9. The van der Waals surface area contributed by atoms with Gasteiger partial charge in [0.05, 0.1) is 6.10 Å². The van der Waals surface area contributed by atoms with Gasteiger partial charge in [-0.25, -0.2) is 0 Å². The van der Waals surface area contributed by atoms with Crippen molar-refractivity contribution in [3.05, 3.63) is 76.8 Å². The average molecular weight is 613 g/mol. The SMILES string of the molecule is C=C(/C=C(\C=C/C)C[N+]#CC(C=CC/C=C(\C=C\CC(C)C)C(O)N1CCC(O)CC1)C=NC)C(C)(C)C.CC.CC.CC. The van der Waals surface area contributed by atoms with Crippen LogP contribution in [0.4, 0.5) is 0 Å². The molecule has 1 rings (SSSR count). The lowest BCUT2D eigenvalue weighted by atomic mass is 9.86. The molecule has 2 atom stereocenters. The van der Waals surface area contributed by atoms with Crippen LogP contribution >= 0.6 is 0 Å². The molecule has 0 amide bonds. The van der Waals surface area contributed by atoms with Crippen LogP contribution in [0, 0.1) is 23.3 Å². The largest absolute Gasteiger partial charge is 0.393 e. The summed E-state index contributed by atoms with van der Waals surface area (Å²) in [7, 11) is 1.75. The first kappa shape index (κ1) is 45.9. The van der Waals surface area contributed by atoms with Crippen LogP contribution in [0.25, 0.3) is 4.85 Å². The molecule has 0 aromatic rings. The van der Waals surface area contributed by atoms with Gasteiger partial charge in [-0.1, -0.05) is 130 Å². The zero-order valence-corrected chi connectivity index (χ0v) is 30.9. The lowest BCUT2D eigenvalue weighted by molar-refractivity contribution is -0.00980. The second-order valence-corrected chi connectivity index (χ2v) is 11.4. The molecule has 1 heterocycles. The monoisotopic (exact) mass is 613 g/mol. The van der Waals surface area contributed by atoms with Gasteiger partial charge in [0.1, 0.15) is 12.1 Å². The Balaban J connectivity index is -0.00000263. The molecule has 1 aliphatic rings. The van der Waals surface area contributed by atoms with Gasteiger partial charge in [-0.3, -0.25) is 9.89 Å². The van der Waals surface area contributed by atoms with E-state index in [2.05, 4.69) is 87.5 Å². The number of rotatable bonds is 12. The Bertz CT molecular complexity index is 958. The molecule has 5 nitrogen and oxygen atoms in total. The average Bonchev–Trinajstić information content (AvgIpc) is 3.00. The number of likely N-dealkylation sites (tertiary alicyclic amines) is 1. The minimum absolute atomic E-state index is 0.0135. The number of aliphatic imine (C=N–C) groups is 1. The maximum absolute atomic E-state index is 11.0. The van der Waals surface area contributed by atoms with Crippen LogP contribution < -0.4 is 0 Å². The van der Waals surface area contributed by atoms with Gasteiger partial charge < -0.3 is 10.2 Å². The van der Waals surface area contributed by atoms with Crippen molar-refractivity contribution in [2.24, 2.45) is 22.2 Å². The van der Waals surface area contributed by atoms with Crippen LogP contribution in [0.1, 0.15) is 109 Å². The molecule has 1 fully saturated rings. The highest BCUT2D eigenvalue weighted by atomic mass is 16.3. The number of hydrogen-bond donors (Lipinski definition) is 2. The molecule has 2 N–H and O–H groups in total. The Morgan fingerprint density at radius 1 is 1.05 bits per heavy atom. The first-order valence-electron chi connectivity index (χ1n) is 17.0. The Labute approximate surface area is 273 Å². The maximum atomic E-state index is 11.0. The van der Waals surface area contributed by atoms with Crippen molar-refractivity contribution in [3.8, 4) is 6.07 Å². The summed E-state index contributed by atoms with van der Waals surface area (Å²) in [4.78, 5) is 10.8. The Hall–Kier alpha value is -2.52. The van der Waals surface area contributed by atoms with Gasteiger partial charge in [-0.15, -0.1) is 0 Å². The normalized spacial score (nSPS) is 16.5. The van der Waals surface area contributed by atoms with Crippen molar-refractivity contribution in [2.75, 3.05) is 26.7 Å². The van der Waals surface area contributed by atoms with Crippen LogP contribution in [0.15, 0.2) is 76.9 Å². The van der Waals surface area contributed by atoms with Crippen molar-refractivity contribution in [1.29, 1.82) is 0 Å². The molecule has 0 spiro atoms. The number of hydrogen-bond acceptors (Lipinski definition) is 4. The van der Waals surface area contributed by atoms with E-state index in [1.165, 1.54) is 0 Å². The summed E-state index contributed by atoms with van der Waals surface area (Å²) < 4.78 is 0. The molecular weight excluding hydrogens is 542 g/mol. The summed E-state index contributed by atoms with van der Waals surface area (Å²) in [5.74, 6) is 0.438. The Morgan fingerprint density at radius 3 is 2.14 bits per heavy atom. The highest BCUT2D eigenvalue weighted by Crippen LogP contribution is 2.25. The summed E-state index contributed by atoms with van der Waals surface area (Å²) >= 11 is 0. The van der Waals surface area contributed by atoms with Gasteiger partial charge in [0.25, 0.3) is 12.6 Å². The van der Waals surface area contributed by atoms with Crippen molar-refractivity contribution in [2.45, 2.75) is 121 Å². The Kier molecular flexibility index (Phi) is 30.5. The summed E-state index contributed by atoms with van der Waals surface area (Å²) in [6, 6.07) is 3.20. The number of piperidine rings is 1. The van der Waals surface area contributed by atoms with E-state index in [-0.39, 0.29) is 17.4 Å². The molecule has 0 aromatic heterocycles. The van der Waals surface area contributed by atoms with Gasteiger partial charge >= 0.3 is 0 Å². The fourth-order valence-electron chi connectivity index (χ4n) is 3.84. The first-order chi connectivity index (χ1) is 21.0. The molecule has 0 saturated carbocycles. The molecule has 44 heavy (non-hydrogen) atoms. The lowest BCUT2D eigenvalue weighted by Gasteiger charge is -2.33. The van der Waals surface area contributed by atoms with Gasteiger partial charge in [0.15, 0.2) is 0 Å².